The van der Waals surface area contributed by atoms with Crippen molar-refractivity contribution < 1.29 is 4.74 Å². The van der Waals surface area contributed by atoms with E-state index in [1.165, 1.54) is 11.1 Å². The van der Waals surface area contributed by atoms with E-state index >= 15 is 0 Å². The van der Waals surface area contributed by atoms with Crippen LogP contribution in [-0.2, 0) is 6.61 Å². The summed E-state index contributed by atoms with van der Waals surface area (Å²) in [6.07, 6.45) is 1.83. The van der Waals surface area contributed by atoms with Crippen LogP contribution >= 0.6 is 0 Å². The van der Waals surface area contributed by atoms with Gasteiger partial charge in [0.25, 0.3) is 0 Å². The molecule has 142 valence electrons. The van der Waals surface area contributed by atoms with Crippen LogP contribution in [0.25, 0.3) is 22.7 Å². The second-order valence-corrected chi connectivity index (χ2v) is 7.06. The highest BCUT2D eigenvalue weighted by molar-refractivity contribution is 5.90. The monoisotopic (exact) mass is 379 g/mol. The largest absolute Gasteiger partial charge is 0.489 e. The summed E-state index contributed by atoms with van der Waals surface area (Å²) in [4.78, 5) is 7.87. The predicted octanol–water partition coefficient (Wildman–Crippen LogP) is 5.82. The number of nitrogens with one attached hydrogen (secondary N) is 1. The summed E-state index contributed by atoms with van der Waals surface area (Å²) in [5.41, 5.74) is 6.66. The number of hydrogen-bond acceptors (Lipinski definition) is 3. The van der Waals surface area contributed by atoms with Crippen molar-refractivity contribution in [1.82, 2.24) is 9.97 Å². The van der Waals surface area contributed by atoms with Crippen LogP contribution in [0.5, 0.6) is 5.75 Å². The van der Waals surface area contributed by atoms with Crippen LogP contribution < -0.4 is 4.74 Å². The summed E-state index contributed by atoms with van der Waals surface area (Å²) in [7, 11) is 0. The third kappa shape index (κ3) is 4.20. The Hall–Kier alpha value is -3.84. The topological polar surface area (TPSA) is 61.7 Å². The van der Waals surface area contributed by atoms with Crippen molar-refractivity contribution in [2.24, 2.45) is 0 Å². The number of benzene rings is 3. The van der Waals surface area contributed by atoms with Gasteiger partial charge in [-0.05, 0) is 66.4 Å². The average molecular weight is 379 g/mol. The molecule has 4 aromatic rings. The molecule has 0 atom stereocenters. The molecule has 0 bridgehead atoms. The Morgan fingerprint density at radius 2 is 1.83 bits per heavy atom. The first-order valence-electron chi connectivity index (χ1n) is 9.48. The molecule has 0 saturated heterocycles. The number of nitrogens with zero attached hydrogens (tertiary/aromatic N) is 2. The zero-order valence-electron chi connectivity index (χ0n) is 16.4. The maximum absolute atomic E-state index is 9.69. The molecule has 1 N–H and O–H groups in total. The SMILES string of the molecule is Cc1cc2nc(/C(C#N)=C/c3cccc(OCc4ccccc4)c3)[nH]c2cc1C. The molecule has 4 nitrogen and oxygen atoms in total. The Morgan fingerprint density at radius 3 is 2.62 bits per heavy atom. The van der Waals surface area contributed by atoms with E-state index in [0.29, 0.717) is 18.0 Å². The molecule has 4 heteroatoms. The number of fused-ring (bicyclic) bond motifs is 1. The summed E-state index contributed by atoms with van der Waals surface area (Å²) in [6.45, 7) is 4.63. The van der Waals surface area contributed by atoms with Crippen molar-refractivity contribution in [1.29, 1.82) is 5.26 Å². The number of aryl methyl sites for hydroxylation is 2. The third-order valence-electron chi connectivity index (χ3n) is 4.89. The van der Waals surface area contributed by atoms with Crippen molar-refractivity contribution in [2.75, 3.05) is 0 Å². The molecule has 0 saturated carbocycles. The van der Waals surface area contributed by atoms with Crippen LogP contribution in [0.4, 0.5) is 0 Å². The van der Waals surface area contributed by atoms with Gasteiger partial charge in [0.1, 0.15) is 24.3 Å². The lowest BCUT2D eigenvalue weighted by Crippen LogP contribution is -1.95. The number of allylic oxidation sites excluding steroid dienone is 1. The predicted molar refractivity (Wildman–Crippen MR) is 116 cm³/mol. The van der Waals surface area contributed by atoms with Crippen LogP contribution in [0.3, 0.4) is 0 Å². The fourth-order valence-corrected chi connectivity index (χ4v) is 3.15. The number of aromatic amines is 1. The lowest BCUT2D eigenvalue weighted by molar-refractivity contribution is 0.306. The zero-order chi connectivity index (χ0) is 20.2. The molecule has 3 aromatic carbocycles. The molecular formula is C25H21N3O. The van der Waals surface area contributed by atoms with E-state index in [4.69, 9.17) is 4.74 Å². The van der Waals surface area contributed by atoms with Gasteiger partial charge in [-0.1, -0.05) is 42.5 Å². The molecule has 1 heterocycles. The number of nitriles is 1. The van der Waals surface area contributed by atoms with Gasteiger partial charge in [0.05, 0.1) is 16.6 Å². The first-order chi connectivity index (χ1) is 14.1. The highest BCUT2D eigenvalue weighted by Crippen LogP contribution is 2.23. The van der Waals surface area contributed by atoms with Gasteiger partial charge in [-0.2, -0.15) is 5.26 Å². The van der Waals surface area contributed by atoms with Crippen LogP contribution in [0.15, 0.2) is 66.7 Å². The molecule has 0 unspecified atom stereocenters. The van der Waals surface area contributed by atoms with Crippen molar-refractivity contribution in [3.05, 3.63) is 94.8 Å². The Morgan fingerprint density at radius 1 is 1.03 bits per heavy atom. The number of ether oxygens (including phenoxy) is 1. The number of aromatic nitrogens is 2. The number of imidazole rings is 1. The van der Waals surface area contributed by atoms with E-state index in [9.17, 15) is 5.26 Å². The molecular weight excluding hydrogens is 358 g/mol. The minimum atomic E-state index is 0.483. The quantitative estimate of drug-likeness (QED) is 0.444. The van der Waals surface area contributed by atoms with Gasteiger partial charge >= 0.3 is 0 Å². The minimum absolute atomic E-state index is 0.483. The smallest absolute Gasteiger partial charge is 0.149 e. The maximum atomic E-state index is 9.69. The number of rotatable bonds is 5. The van der Waals surface area contributed by atoms with E-state index in [1.807, 2.05) is 66.7 Å². The first kappa shape index (κ1) is 18.5. The summed E-state index contributed by atoms with van der Waals surface area (Å²) in [5, 5.41) is 9.69. The van der Waals surface area contributed by atoms with Crippen LogP contribution in [0, 0.1) is 25.2 Å². The number of hydrogen-bond donors (Lipinski definition) is 1. The number of H-pyrrole nitrogens is 1. The van der Waals surface area contributed by atoms with E-state index in [-0.39, 0.29) is 0 Å². The molecule has 29 heavy (non-hydrogen) atoms. The molecule has 0 aliphatic carbocycles. The van der Waals surface area contributed by atoms with Crippen molar-refractivity contribution in [3.8, 4) is 11.8 Å². The standard InChI is InChI=1S/C25H21N3O/c1-17-11-23-24(12-18(17)2)28-25(27-23)21(15-26)13-20-9-6-10-22(14-20)29-16-19-7-4-3-5-8-19/h3-14H,16H2,1-2H3,(H,27,28)/b21-13+. The lowest BCUT2D eigenvalue weighted by Gasteiger charge is -2.07. The molecule has 1 aromatic heterocycles. The maximum Gasteiger partial charge on any atom is 0.149 e. The minimum Gasteiger partial charge on any atom is -0.489 e. The van der Waals surface area contributed by atoms with Crippen molar-refractivity contribution in [2.45, 2.75) is 20.5 Å². The lowest BCUT2D eigenvalue weighted by atomic mass is 10.1. The van der Waals surface area contributed by atoms with Gasteiger partial charge in [-0.15, -0.1) is 0 Å². The van der Waals surface area contributed by atoms with E-state index in [2.05, 4.69) is 36.0 Å². The molecule has 0 fully saturated rings. The van der Waals surface area contributed by atoms with Crippen LogP contribution in [-0.4, -0.2) is 9.97 Å². The summed E-state index contributed by atoms with van der Waals surface area (Å²) < 4.78 is 5.89. The van der Waals surface area contributed by atoms with E-state index in [1.54, 1.807) is 0 Å². The van der Waals surface area contributed by atoms with Gasteiger partial charge in [-0.25, -0.2) is 4.98 Å². The van der Waals surface area contributed by atoms with Gasteiger partial charge in [0.2, 0.25) is 0 Å². The van der Waals surface area contributed by atoms with Gasteiger partial charge < -0.3 is 9.72 Å². The van der Waals surface area contributed by atoms with Crippen molar-refractivity contribution >= 4 is 22.7 Å². The third-order valence-corrected chi connectivity index (χ3v) is 4.89. The Balaban J connectivity index is 1.59. The molecule has 0 aliphatic rings. The summed E-state index contributed by atoms with van der Waals surface area (Å²) in [6, 6.07) is 24.1. The van der Waals surface area contributed by atoms with Gasteiger partial charge in [0.15, 0.2) is 0 Å². The molecule has 0 spiro atoms. The Labute approximate surface area is 170 Å². The fourth-order valence-electron chi connectivity index (χ4n) is 3.15. The highest BCUT2D eigenvalue weighted by atomic mass is 16.5. The van der Waals surface area contributed by atoms with E-state index < -0.39 is 0 Å². The molecule has 0 aliphatic heterocycles. The fraction of sp³-hybridized carbons (Fsp3) is 0.120. The average Bonchev–Trinajstić information content (AvgIpc) is 3.14. The van der Waals surface area contributed by atoms with Gasteiger partial charge in [0, 0.05) is 0 Å². The second kappa shape index (κ2) is 8.04. The van der Waals surface area contributed by atoms with Crippen LogP contribution in [0.1, 0.15) is 28.1 Å². The second-order valence-electron chi connectivity index (χ2n) is 7.06. The molecule has 4 rings (SSSR count). The van der Waals surface area contributed by atoms with Crippen LogP contribution in [0.2, 0.25) is 0 Å². The summed E-state index contributed by atoms with van der Waals surface area (Å²) in [5.74, 6) is 1.33. The van der Waals surface area contributed by atoms with E-state index in [0.717, 1.165) is 27.9 Å². The molecule has 0 amide bonds. The highest BCUT2D eigenvalue weighted by Gasteiger charge is 2.09. The van der Waals surface area contributed by atoms with Gasteiger partial charge in [-0.3, -0.25) is 0 Å². The normalized spacial score (nSPS) is 11.4. The molecule has 0 radical (unpaired) electrons. The zero-order valence-corrected chi connectivity index (χ0v) is 16.4. The summed E-state index contributed by atoms with van der Waals surface area (Å²) >= 11 is 0. The van der Waals surface area contributed by atoms with Crippen molar-refractivity contribution in [3.63, 3.8) is 0 Å². The first-order valence-corrected chi connectivity index (χ1v) is 9.48. The Kier molecular flexibility index (Phi) is 5.13. The Bertz CT molecular complexity index is 1190.